The number of sulfone groups is 1. The standard InChI is InChI=1S/C9H10ClN3O3S/c10-8-6-11-7(5-12-8)9(14)13-1-3-17(15,16)4-2-13/h5-6H,1-4H2. The highest BCUT2D eigenvalue weighted by atomic mass is 35.5. The third-order valence-electron chi connectivity index (χ3n) is 2.47. The molecular weight excluding hydrogens is 266 g/mol. The first-order valence-corrected chi connectivity index (χ1v) is 7.15. The quantitative estimate of drug-likeness (QED) is 0.721. The molecule has 0 N–H and O–H groups in total. The van der Waals surface area contributed by atoms with E-state index in [4.69, 9.17) is 11.6 Å². The number of hydrogen-bond donors (Lipinski definition) is 0. The van der Waals surface area contributed by atoms with Crippen LogP contribution in [-0.2, 0) is 9.84 Å². The summed E-state index contributed by atoms with van der Waals surface area (Å²) >= 11 is 5.56. The molecule has 0 atom stereocenters. The molecule has 2 rings (SSSR count). The largest absolute Gasteiger partial charge is 0.335 e. The summed E-state index contributed by atoms with van der Waals surface area (Å²) in [4.78, 5) is 21.0. The Hall–Kier alpha value is -1.21. The number of rotatable bonds is 1. The van der Waals surface area contributed by atoms with Gasteiger partial charge in [-0.2, -0.15) is 0 Å². The molecule has 0 aliphatic carbocycles. The maximum absolute atomic E-state index is 11.9. The van der Waals surface area contributed by atoms with Crippen molar-refractivity contribution in [2.75, 3.05) is 24.6 Å². The maximum Gasteiger partial charge on any atom is 0.274 e. The Kier molecular flexibility index (Phi) is 3.30. The monoisotopic (exact) mass is 275 g/mol. The van der Waals surface area contributed by atoms with Gasteiger partial charge in [0, 0.05) is 13.1 Å². The highest BCUT2D eigenvalue weighted by Gasteiger charge is 2.26. The van der Waals surface area contributed by atoms with E-state index < -0.39 is 9.84 Å². The van der Waals surface area contributed by atoms with Gasteiger partial charge in [0.2, 0.25) is 0 Å². The fraction of sp³-hybridized carbons (Fsp3) is 0.444. The molecule has 92 valence electrons. The second-order valence-corrected chi connectivity index (χ2v) is 6.36. The van der Waals surface area contributed by atoms with Gasteiger partial charge in [0.25, 0.3) is 5.91 Å². The Labute approximate surface area is 104 Å². The van der Waals surface area contributed by atoms with Gasteiger partial charge in [-0.3, -0.25) is 4.79 Å². The Morgan fingerprint density at radius 3 is 2.41 bits per heavy atom. The first-order valence-electron chi connectivity index (χ1n) is 4.95. The smallest absolute Gasteiger partial charge is 0.274 e. The number of carbonyl (C=O) groups is 1. The molecule has 2 heterocycles. The van der Waals surface area contributed by atoms with E-state index in [1.807, 2.05) is 0 Å². The lowest BCUT2D eigenvalue weighted by Gasteiger charge is -2.26. The molecule has 0 spiro atoms. The minimum Gasteiger partial charge on any atom is -0.335 e. The molecule has 1 saturated heterocycles. The van der Waals surface area contributed by atoms with Crippen LogP contribution in [0, 0.1) is 0 Å². The van der Waals surface area contributed by atoms with Gasteiger partial charge in [0.15, 0.2) is 9.84 Å². The summed E-state index contributed by atoms with van der Waals surface area (Å²) in [6, 6.07) is 0. The van der Waals surface area contributed by atoms with Crippen LogP contribution in [0.25, 0.3) is 0 Å². The van der Waals surface area contributed by atoms with Crippen molar-refractivity contribution in [3.05, 3.63) is 23.2 Å². The van der Waals surface area contributed by atoms with Crippen LogP contribution in [-0.4, -0.2) is 53.8 Å². The molecule has 0 radical (unpaired) electrons. The molecule has 6 nitrogen and oxygen atoms in total. The van der Waals surface area contributed by atoms with Gasteiger partial charge in [0.1, 0.15) is 10.8 Å². The van der Waals surface area contributed by atoms with Crippen molar-refractivity contribution in [3.63, 3.8) is 0 Å². The lowest BCUT2D eigenvalue weighted by molar-refractivity contribution is 0.0764. The van der Waals surface area contributed by atoms with E-state index in [9.17, 15) is 13.2 Å². The number of hydrogen-bond acceptors (Lipinski definition) is 5. The SMILES string of the molecule is O=C(c1cnc(Cl)cn1)N1CCS(=O)(=O)CC1. The third kappa shape index (κ3) is 2.92. The minimum atomic E-state index is -2.99. The summed E-state index contributed by atoms with van der Waals surface area (Å²) in [5.74, 6) is -0.316. The summed E-state index contributed by atoms with van der Waals surface area (Å²) in [6.45, 7) is 0.400. The van der Waals surface area contributed by atoms with Crippen LogP contribution in [0.3, 0.4) is 0 Å². The molecule has 1 amide bonds. The normalized spacial score (nSPS) is 19.0. The predicted molar refractivity (Wildman–Crippen MR) is 61.6 cm³/mol. The molecule has 0 aromatic carbocycles. The van der Waals surface area contributed by atoms with Gasteiger partial charge >= 0.3 is 0 Å². The zero-order chi connectivity index (χ0) is 12.5. The Balaban J connectivity index is 2.09. The van der Waals surface area contributed by atoms with Crippen molar-refractivity contribution in [1.82, 2.24) is 14.9 Å². The highest BCUT2D eigenvalue weighted by Crippen LogP contribution is 2.09. The van der Waals surface area contributed by atoms with Gasteiger partial charge in [-0.1, -0.05) is 11.6 Å². The average molecular weight is 276 g/mol. The molecule has 17 heavy (non-hydrogen) atoms. The molecule has 0 unspecified atom stereocenters. The van der Waals surface area contributed by atoms with Gasteiger partial charge < -0.3 is 4.90 Å². The van der Waals surface area contributed by atoms with Gasteiger partial charge in [-0.05, 0) is 0 Å². The van der Waals surface area contributed by atoms with E-state index in [2.05, 4.69) is 9.97 Å². The first kappa shape index (κ1) is 12.3. The van der Waals surface area contributed by atoms with Crippen LogP contribution in [0.2, 0.25) is 5.15 Å². The van der Waals surface area contributed by atoms with Crippen LogP contribution in [0.4, 0.5) is 0 Å². The van der Waals surface area contributed by atoms with Crippen LogP contribution in [0.1, 0.15) is 10.5 Å². The van der Waals surface area contributed by atoms with Crippen LogP contribution < -0.4 is 0 Å². The molecule has 8 heteroatoms. The molecule has 1 aromatic rings. The number of halogens is 1. The molecule has 0 bridgehead atoms. The summed E-state index contributed by atoms with van der Waals surface area (Å²) in [6.07, 6.45) is 2.57. The molecular formula is C9H10ClN3O3S. The summed E-state index contributed by atoms with van der Waals surface area (Å²) in [5.41, 5.74) is 0.175. The zero-order valence-corrected chi connectivity index (χ0v) is 10.4. The minimum absolute atomic E-state index is 0.000240. The Bertz CT molecular complexity index is 515. The third-order valence-corrected chi connectivity index (χ3v) is 4.28. The summed E-state index contributed by atoms with van der Waals surface area (Å²) in [5, 5.41) is 0.211. The maximum atomic E-state index is 11.9. The number of carbonyl (C=O) groups excluding carboxylic acids is 1. The molecule has 1 aliphatic rings. The van der Waals surface area contributed by atoms with Crippen molar-refractivity contribution in [2.45, 2.75) is 0 Å². The summed E-state index contributed by atoms with van der Waals surface area (Å²) < 4.78 is 22.4. The second-order valence-electron chi connectivity index (χ2n) is 3.67. The lowest BCUT2D eigenvalue weighted by Crippen LogP contribution is -2.44. The number of amides is 1. The van der Waals surface area contributed by atoms with E-state index in [0.29, 0.717) is 0 Å². The van der Waals surface area contributed by atoms with E-state index in [-0.39, 0.29) is 41.3 Å². The van der Waals surface area contributed by atoms with E-state index >= 15 is 0 Å². The van der Waals surface area contributed by atoms with E-state index in [0.717, 1.165) is 0 Å². The molecule has 1 aliphatic heterocycles. The van der Waals surface area contributed by atoms with Gasteiger partial charge in [-0.25, -0.2) is 18.4 Å². The van der Waals surface area contributed by atoms with Crippen LogP contribution in [0.5, 0.6) is 0 Å². The van der Waals surface area contributed by atoms with Crippen molar-refractivity contribution in [2.24, 2.45) is 0 Å². The van der Waals surface area contributed by atoms with Crippen molar-refractivity contribution in [1.29, 1.82) is 0 Å². The predicted octanol–water partition coefficient (Wildman–Crippen LogP) is 0.000600. The Morgan fingerprint density at radius 1 is 1.24 bits per heavy atom. The summed E-state index contributed by atoms with van der Waals surface area (Å²) in [7, 11) is -2.99. The Morgan fingerprint density at radius 2 is 1.88 bits per heavy atom. The van der Waals surface area contributed by atoms with Gasteiger partial charge in [-0.15, -0.1) is 0 Å². The topological polar surface area (TPSA) is 80.2 Å². The highest BCUT2D eigenvalue weighted by molar-refractivity contribution is 7.91. The van der Waals surface area contributed by atoms with E-state index in [1.54, 1.807) is 0 Å². The lowest BCUT2D eigenvalue weighted by atomic mass is 10.3. The van der Waals surface area contributed by atoms with Crippen molar-refractivity contribution in [3.8, 4) is 0 Å². The first-order chi connectivity index (χ1) is 7.98. The average Bonchev–Trinajstić information content (AvgIpc) is 2.29. The fourth-order valence-electron chi connectivity index (χ4n) is 1.50. The van der Waals surface area contributed by atoms with Crippen LogP contribution in [0.15, 0.2) is 12.4 Å². The van der Waals surface area contributed by atoms with Crippen molar-refractivity contribution >= 4 is 27.3 Å². The molecule has 1 fully saturated rings. The molecule has 0 saturated carbocycles. The van der Waals surface area contributed by atoms with Crippen molar-refractivity contribution < 1.29 is 13.2 Å². The van der Waals surface area contributed by atoms with Crippen LogP contribution >= 0.6 is 11.6 Å². The fourth-order valence-corrected chi connectivity index (χ4v) is 2.80. The molecule has 1 aromatic heterocycles. The number of aromatic nitrogens is 2. The second kappa shape index (κ2) is 4.58. The zero-order valence-electron chi connectivity index (χ0n) is 8.84. The number of nitrogens with zero attached hydrogens (tertiary/aromatic N) is 3. The van der Waals surface area contributed by atoms with Gasteiger partial charge in [0.05, 0.1) is 23.9 Å². The van der Waals surface area contributed by atoms with E-state index in [1.165, 1.54) is 17.3 Å².